The van der Waals surface area contributed by atoms with Crippen LogP contribution in [0.4, 0.5) is 5.69 Å². The standard InChI is InChI=1S/C48H38N4/c49-47(36-23-21-35(22-24-36)44-29-40-31-50-45-17-9-8-16-43(45)46(40)42-15-7-6-14-41(42)44)52-48(51-30-32-10-2-1-3-11-32)37-25-18-34(19-26-37)39-27-20-33-12-4-5-13-38(33)28-39/h1-29,47,50H,30-31,49H2,(H,51,52). The summed E-state index contributed by atoms with van der Waals surface area (Å²) in [5, 5.41) is 12.2. The van der Waals surface area contributed by atoms with Gasteiger partial charge in [0.1, 0.15) is 12.0 Å². The molecule has 0 aromatic heterocycles. The van der Waals surface area contributed by atoms with Crippen molar-refractivity contribution in [2.24, 2.45) is 10.7 Å². The predicted octanol–water partition coefficient (Wildman–Crippen LogP) is 11.1. The maximum Gasteiger partial charge on any atom is 0.130 e. The number of amidine groups is 1. The van der Waals surface area contributed by atoms with E-state index in [0.29, 0.717) is 6.54 Å². The van der Waals surface area contributed by atoms with Crippen LogP contribution < -0.4 is 16.4 Å². The molecule has 0 saturated heterocycles. The van der Waals surface area contributed by atoms with Gasteiger partial charge in [-0.05, 0) is 84.3 Å². The number of nitrogens with two attached hydrogens (primary N) is 1. The van der Waals surface area contributed by atoms with Crippen LogP contribution in [0.1, 0.15) is 28.4 Å². The second-order valence-electron chi connectivity index (χ2n) is 13.4. The van der Waals surface area contributed by atoms with Crippen LogP contribution in [0.25, 0.3) is 54.9 Å². The fourth-order valence-electron chi connectivity index (χ4n) is 7.44. The molecule has 1 atom stereocenters. The number of fused-ring (bicyclic) bond motifs is 6. The molecule has 0 radical (unpaired) electrons. The normalized spacial score (nSPS) is 12.9. The number of nitrogens with zero attached hydrogens (tertiary/aromatic N) is 1. The molecule has 4 heteroatoms. The zero-order valence-corrected chi connectivity index (χ0v) is 28.8. The minimum absolute atomic E-state index is 0.454. The Labute approximate surface area is 304 Å². The molecule has 0 bridgehead atoms. The lowest BCUT2D eigenvalue weighted by molar-refractivity contribution is 0.679. The number of aliphatic imine (C=N–C) groups is 1. The fourth-order valence-corrected chi connectivity index (χ4v) is 7.44. The van der Waals surface area contributed by atoms with E-state index in [1.807, 2.05) is 18.2 Å². The number of nitrogens with one attached hydrogen (secondary N) is 2. The zero-order valence-electron chi connectivity index (χ0n) is 28.8. The maximum atomic E-state index is 6.89. The summed E-state index contributed by atoms with van der Waals surface area (Å²) < 4.78 is 0. The van der Waals surface area contributed by atoms with Gasteiger partial charge in [-0.2, -0.15) is 0 Å². The molecule has 8 aromatic carbocycles. The molecule has 0 aliphatic carbocycles. The molecule has 9 rings (SSSR count). The Morgan fingerprint density at radius 1 is 0.596 bits per heavy atom. The molecular formula is C48H38N4. The molecule has 1 aliphatic heterocycles. The van der Waals surface area contributed by atoms with Crippen molar-refractivity contribution >= 4 is 33.1 Å². The third-order valence-corrected chi connectivity index (χ3v) is 10.2. The topological polar surface area (TPSA) is 62.4 Å². The predicted molar refractivity (Wildman–Crippen MR) is 218 cm³/mol. The largest absolute Gasteiger partial charge is 0.380 e. The van der Waals surface area contributed by atoms with E-state index in [9.17, 15) is 0 Å². The van der Waals surface area contributed by atoms with Gasteiger partial charge in [0.25, 0.3) is 0 Å². The summed E-state index contributed by atoms with van der Waals surface area (Å²) in [5.41, 5.74) is 19.8. The lowest BCUT2D eigenvalue weighted by Crippen LogP contribution is -2.34. The Morgan fingerprint density at radius 3 is 2.10 bits per heavy atom. The highest BCUT2D eigenvalue weighted by Crippen LogP contribution is 2.43. The first-order valence-electron chi connectivity index (χ1n) is 17.9. The smallest absolute Gasteiger partial charge is 0.130 e. The van der Waals surface area contributed by atoms with Crippen molar-refractivity contribution in [1.29, 1.82) is 0 Å². The van der Waals surface area contributed by atoms with Crippen LogP contribution in [0, 0.1) is 0 Å². The van der Waals surface area contributed by atoms with Gasteiger partial charge >= 0.3 is 0 Å². The maximum absolute atomic E-state index is 6.89. The lowest BCUT2D eigenvalue weighted by Gasteiger charge is -2.25. The van der Waals surface area contributed by atoms with E-state index in [1.54, 1.807) is 0 Å². The molecule has 8 aromatic rings. The summed E-state index contributed by atoms with van der Waals surface area (Å²) in [6, 6.07) is 62.3. The van der Waals surface area contributed by atoms with Crippen molar-refractivity contribution in [1.82, 2.24) is 5.32 Å². The molecule has 0 amide bonds. The van der Waals surface area contributed by atoms with Gasteiger partial charge in [-0.15, -0.1) is 0 Å². The number of hydrogen-bond acceptors (Lipinski definition) is 3. The van der Waals surface area contributed by atoms with Gasteiger partial charge in [0.2, 0.25) is 0 Å². The summed E-state index contributed by atoms with van der Waals surface area (Å²) in [6.07, 6.45) is -0.454. The lowest BCUT2D eigenvalue weighted by atomic mass is 9.85. The Hall–Kier alpha value is -6.49. The molecule has 4 nitrogen and oxygen atoms in total. The number of anilines is 1. The first-order valence-corrected chi connectivity index (χ1v) is 17.9. The molecule has 1 unspecified atom stereocenters. The zero-order chi connectivity index (χ0) is 34.9. The van der Waals surface area contributed by atoms with E-state index in [0.717, 1.165) is 40.2 Å². The second-order valence-corrected chi connectivity index (χ2v) is 13.4. The number of rotatable bonds is 7. The van der Waals surface area contributed by atoms with E-state index in [1.165, 1.54) is 55.0 Å². The SMILES string of the molecule is NC(N/C(=N\Cc1ccccc1)c1ccc(-c2ccc3ccccc3c2)cc1)c1ccc(-c2cc3c(c4ccccc24)-c2ccccc2NC3)cc1. The molecule has 0 saturated carbocycles. The Balaban J connectivity index is 1.01. The van der Waals surface area contributed by atoms with Gasteiger partial charge in [-0.25, -0.2) is 0 Å². The Morgan fingerprint density at radius 2 is 1.27 bits per heavy atom. The summed E-state index contributed by atoms with van der Waals surface area (Å²) in [7, 11) is 0. The highest BCUT2D eigenvalue weighted by molar-refractivity contribution is 6.08. The van der Waals surface area contributed by atoms with Crippen molar-refractivity contribution in [3.8, 4) is 33.4 Å². The number of para-hydroxylation sites is 1. The van der Waals surface area contributed by atoms with Crippen molar-refractivity contribution in [3.05, 3.63) is 198 Å². The third kappa shape index (κ3) is 6.10. The minimum atomic E-state index is -0.454. The van der Waals surface area contributed by atoms with Crippen LogP contribution >= 0.6 is 0 Å². The van der Waals surface area contributed by atoms with Gasteiger partial charge in [0.15, 0.2) is 0 Å². The molecule has 0 fully saturated rings. The first kappa shape index (κ1) is 31.5. The molecule has 250 valence electrons. The van der Waals surface area contributed by atoms with Gasteiger partial charge in [-0.3, -0.25) is 4.99 Å². The summed E-state index contributed by atoms with van der Waals surface area (Å²) >= 11 is 0. The first-order chi connectivity index (χ1) is 25.7. The summed E-state index contributed by atoms with van der Waals surface area (Å²) in [5.74, 6) is 0.763. The summed E-state index contributed by atoms with van der Waals surface area (Å²) in [4.78, 5) is 5.05. The van der Waals surface area contributed by atoms with E-state index in [4.69, 9.17) is 10.7 Å². The highest BCUT2D eigenvalue weighted by Gasteiger charge is 2.20. The Bertz CT molecular complexity index is 2570. The van der Waals surface area contributed by atoms with Crippen LogP contribution in [0.3, 0.4) is 0 Å². The van der Waals surface area contributed by atoms with Crippen LogP contribution in [0.2, 0.25) is 0 Å². The molecule has 1 heterocycles. The Kier molecular flexibility index (Phi) is 8.28. The van der Waals surface area contributed by atoms with Crippen LogP contribution in [-0.2, 0) is 13.1 Å². The van der Waals surface area contributed by atoms with Crippen molar-refractivity contribution in [2.75, 3.05) is 5.32 Å². The van der Waals surface area contributed by atoms with Gasteiger partial charge in [-0.1, -0.05) is 158 Å². The van der Waals surface area contributed by atoms with Crippen LogP contribution in [-0.4, -0.2) is 5.84 Å². The second kappa shape index (κ2) is 13.7. The quantitative estimate of drug-likeness (QED) is 0.0898. The van der Waals surface area contributed by atoms with Gasteiger partial charge in [0, 0.05) is 23.4 Å². The van der Waals surface area contributed by atoms with E-state index < -0.39 is 6.17 Å². The number of hydrogen-bond donors (Lipinski definition) is 3. The van der Waals surface area contributed by atoms with Crippen LogP contribution in [0.5, 0.6) is 0 Å². The average Bonchev–Trinajstić information content (AvgIpc) is 3.22. The van der Waals surface area contributed by atoms with Crippen molar-refractivity contribution < 1.29 is 0 Å². The van der Waals surface area contributed by atoms with Gasteiger partial charge in [0.05, 0.1) is 6.54 Å². The minimum Gasteiger partial charge on any atom is -0.380 e. The van der Waals surface area contributed by atoms with E-state index in [2.05, 4.69) is 168 Å². The molecular weight excluding hydrogens is 633 g/mol. The third-order valence-electron chi connectivity index (χ3n) is 10.2. The summed E-state index contributed by atoms with van der Waals surface area (Å²) in [6.45, 7) is 1.34. The van der Waals surface area contributed by atoms with E-state index >= 15 is 0 Å². The molecule has 52 heavy (non-hydrogen) atoms. The molecule has 4 N–H and O–H groups in total. The van der Waals surface area contributed by atoms with Gasteiger partial charge < -0.3 is 16.4 Å². The molecule has 0 spiro atoms. The number of benzene rings is 8. The average molecular weight is 671 g/mol. The van der Waals surface area contributed by atoms with Crippen LogP contribution in [0.15, 0.2) is 181 Å². The highest BCUT2D eigenvalue weighted by atomic mass is 15.1. The van der Waals surface area contributed by atoms with Crippen molar-refractivity contribution in [3.63, 3.8) is 0 Å². The van der Waals surface area contributed by atoms with E-state index in [-0.39, 0.29) is 0 Å². The fraction of sp³-hybridized carbons (Fsp3) is 0.0625. The van der Waals surface area contributed by atoms with Crippen molar-refractivity contribution in [2.45, 2.75) is 19.3 Å². The molecule has 1 aliphatic rings. The monoisotopic (exact) mass is 670 g/mol.